The third-order valence-electron chi connectivity index (χ3n) is 4.14. The molecule has 0 aromatic rings. The fourth-order valence-electron chi connectivity index (χ4n) is 2.54. The van der Waals surface area contributed by atoms with Crippen LogP contribution in [0.1, 0.15) is 40.0 Å². The van der Waals surface area contributed by atoms with Crippen LogP contribution in [0.5, 0.6) is 0 Å². The van der Waals surface area contributed by atoms with E-state index < -0.39 is 16.2 Å². The lowest BCUT2D eigenvalue weighted by Crippen LogP contribution is -2.49. The Hall–Kier alpha value is -0.660. The lowest BCUT2D eigenvalue weighted by molar-refractivity contribution is -0.138. The van der Waals surface area contributed by atoms with Crippen molar-refractivity contribution >= 4 is 16.2 Å². The Kier molecular flexibility index (Phi) is 5.97. The number of carbonyl (C=O) groups is 1. The normalized spacial score (nSPS) is 23.2. The topological polar surface area (TPSA) is 77.9 Å². The number of nitrogens with zero attached hydrogens (tertiary/aromatic N) is 2. The zero-order valence-electron chi connectivity index (χ0n) is 12.7. The summed E-state index contributed by atoms with van der Waals surface area (Å²) in [6.07, 6.45) is 1.78. The largest absolute Gasteiger partial charge is 0.481 e. The molecule has 1 saturated heterocycles. The minimum absolute atomic E-state index is 0.00476. The van der Waals surface area contributed by atoms with Gasteiger partial charge in [-0.25, -0.2) is 0 Å². The first-order valence-corrected chi connectivity index (χ1v) is 8.50. The Morgan fingerprint density at radius 2 is 2.00 bits per heavy atom. The molecule has 6 nitrogen and oxygen atoms in total. The first-order valence-electron chi connectivity index (χ1n) is 7.11. The maximum absolute atomic E-state index is 12.5. The van der Waals surface area contributed by atoms with Gasteiger partial charge in [-0.15, -0.1) is 0 Å². The van der Waals surface area contributed by atoms with Crippen LogP contribution < -0.4 is 0 Å². The molecule has 118 valence electrons. The van der Waals surface area contributed by atoms with Gasteiger partial charge >= 0.3 is 5.97 Å². The average molecular weight is 306 g/mol. The molecule has 0 aromatic carbocycles. The highest BCUT2D eigenvalue weighted by Gasteiger charge is 2.34. The molecule has 1 aliphatic rings. The van der Waals surface area contributed by atoms with Gasteiger partial charge in [0.05, 0.1) is 0 Å². The van der Waals surface area contributed by atoms with Crippen LogP contribution in [0.15, 0.2) is 0 Å². The van der Waals surface area contributed by atoms with E-state index in [2.05, 4.69) is 0 Å². The number of carboxylic acids is 1. The number of piperidine rings is 1. The number of rotatable bonds is 6. The molecule has 0 amide bonds. The van der Waals surface area contributed by atoms with E-state index in [1.54, 1.807) is 7.05 Å². The summed E-state index contributed by atoms with van der Waals surface area (Å²) in [4.78, 5) is 10.8. The number of carboxylic acid groups (broad SMARTS) is 1. The standard InChI is InChI=1S/C13H26N2O4S/c1-10(2)14(4)20(18,19)15-7-5-6-12(9-15)11(3)8-13(16)17/h10-12H,5-9H2,1-4H3,(H,16,17). The van der Waals surface area contributed by atoms with Gasteiger partial charge in [0.15, 0.2) is 0 Å². The maximum atomic E-state index is 12.5. The molecule has 1 heterocycles. The van der Waals surface area contributed by atoms with Gasteiger partial charge in [0.25, 0.3) is 10.2 Å². The molecule has 0 aromatic heterocycles. The van der Waals surface area contributed by atoms with Crippen molar-refractivity contribution in [1.29, 1.82) is 0 Å². The second-order valence-corrected chi connectivity index (χ2v) is 7.94. The van der Waals surface area contributed by atoms with E-state index in [9.17, 15) is 13.2 Å². The average Bonchev–Trinajstić information content (AvgIpc) is 2.37. The Labute approximate surface area is 121 Å². The van der Waals surface area contributed by atoms with Crippen LogP contribution in [0.2, 0.25) is 0 Å². The van der Waals surface area contributed by atoms with Crippen LogP contribution in [0.25, 0.3) is 0 Å². The minimum atomic E-state index is -3.44. The van der Waals surface area contributed by atoms with Crippen LogP contribution in [-0.4, -0.2) is 54.3 Å². The zero-order valence-corrected chi connectivity index (χ0v) is 13.6. The maximum Gasteiger partial charge on any atom is 0.303 e. The molecule has 0 spiro atoms. The molecule has 1 N–H and O–H groups in total. The van der Waals surface area contributed by atoms with E-state index in [1.807, 2.05) is 20.8 Å². The molecule has 7 heteroatoms. The van der Waals surface area contributed by atoms with Crippen molar-refractivity contribution in [2.24, 2.45) is 11.8 Å². The van der Waals surface area contributed by atoms with Gasteiger partial charge in [-0.2, -0.15) is 17.0 Å². The molecule has 0 radical (unpaired) electrons. The van der Waals surface area contributed by atoms with Gasteiger partial charge in [-0.3, -0.25) is 4.79 Å². The Balaban J connectivity index is 2.76. The highest BCUT2D eigenvalue weighted by atomic mass is 32.2. The Morgan fingerprint density at radius 1 is 1.40 bits per heavy atom. The van der Waals surface area contributed by atoms with Gasteiger partial charge in [-0.1, -0.05) is 6.92 Å². The number of aliphatic carboxylic acids is 1. The zero-order chi connectivity index (χ0) is 15.5. The van der Waals surface area contributed by atoms with Crippen LogP contribution in [-0.2, 0) is 15.0 Å². The summed E-state index contributed by atoms with van der Waals surface area (Å²) in [6, 6.07) is -0.0863. The lowest BCUT2D eigenvalue weighted by Gasteiger charge is -2.37. The summed E-state index contributed by atoms with van der Waals surface area (Å²) in [5, 5.41) is 8.86. The lowest BCUT2D eigenvalue weighted by atomic mass is 9.85. The van der Waals surface area contributed by atoms with E-state index in [4.69, 9.17) is 5.11 Å². The molecular formula is C13H26N2O4S. The summed E-state index contributed by atoms with van der Waals surface area (Å²) in [6.45, 7) is 6.52. The first kappa shape index (κ1) is 17.4. The van der Waals surface area contributed by atoms with Crippen molar-refractivity contribution in [2.45, 2.75) is 46.1 Å². The molecular weight excluding hydrogens is 280 g/mol. The van der Waals surface area contributed by atoms with Crippen molar-refractivity contribution < 1.29 is 18.3 Å². The third kappa shape index (κ3) is 4.17. The molecule has 1 rings (SSSR count). The van der Waals surface area contributed by atoms with E-state index >= 15 is 0 Å². The summed E-state index contributed by atoms with van der Waals surface area (Å²) >= 11 is 0. The van der Waals surface area contributed by atoms with Gasteiger partial charge in [-0.05, 0) is 38.5 Å². The van der Waals surface area contributed by atoms with E-state index in [1.165, 1.54) is 8.61 Å². The second-order valence-electron chi connectivity index (χ2n) is 5.95. The highest BCUT2D eigenvalue weighted by Crippen LogP contribution is 2.28. The highest BCUT2D eigenvalue weighted by molar-refractivity contribution is 7.86. The summed E-state index contributed by atoms with van der Waals surface area (Å²) in [5.41, 5.74) is 0. The van der Waals surface area contributed by atoms with Crippen LogP contribution in [0, 0.1) is 11.8 Å². The minimum Gasteiger partial charge on any atom is -0.481 e. The molecule has 0 aliphatic carbocycles. The second kappa shape index (κ2) is 6.87. The van der Waals surface area contributed by atoms with Crippen molar-refractivity contribution in [3.8, 4) is 0 Å². The van der Waals surface area contributed by atoms with Crippen molar-refractivity contribution in [1.82, 2.24) is 8.61 Å². The molecule has 20 heavy (non-hydrogen) atoms. The molecule has 2 atom stereocenters. The van der Waals surface area contributed by atoms with E-state index in [-0.39, 0.29) is 24.3 Å². The van der Waals surface area contributed by atoms with Crippen LogP contribution in [0.3, 0.4) is 0 Å². The van der Waals surface area contributed by atoms with Crippen molar-refractivity contribution in [2.75, 3.05) is 20.1 Å². The summed E-state index contributed by atoms with van der Waals surface area (Å²) in [5.74, 6) is -0.707. The Morgan fingerprint density at radius 3 is 2.50 bits per heavy atom. The Bertz CT molecular complexity index is 436. The fraction of sp³-hybridized carbons (Fsp3) is 0.923. The monoisotopic (exact) mass is 306 g/mol. The molecule has 2 unspecified atom stereocenters. The summed E-state index contributed by atoms with van der Waals surface area (Å²) in [7, 11) is -1.85. The third-order valence-corrected chi connectivity index (χ3v) is 6.27. The van der Waals surface area contributed by atoms with Gasteiger partial charge in [0.1, 0.15) is 0 Å². The molecule has 1 fully saturated rings. The van der Waals surface area contributed by atoms with Crippen molar-refractivity contribution in [3.63, 3.8) is 0 Å². The summed E-state index contributed by atoms with van der Waals surface area (Å²) < 4.78 is 27.8. The smallest absolute Gasteiger partial charge is 0.303 e. The van der Waals surface area contributed by atoms with Crippen LogP contribution >= 0.6 is 0 Å². The number of hydrogen-bond acceptors (Lipinski definition) is 3. The predicted octanol–water partition coefficient (Wildman–Crippen LogP) is 1.39. The molecule has 0 saturated carbocycles. The van der Waals surface area contributed by atoms with E-state index in [0.29, 0.717) is 13.1 Å². The quantitative estimate of drug-likeness (QED) is 0.804. The number of hydrogen-bond donors (Lipinski definition) is 1. The predicted molar refractivity (Wildman–Crippen MR) is 77.5 cm³/mol. The molecule has 1 aliphatic heterocycles. The van der Waals surface area contributed by atoms with Gasteiger partial charge < -0.3 is 5.11 Å². The van der Waals surface area contributed by atoms with Gasteiger partial charge in [0, 0.05) is 32.6 Å². The fourth-order valence-corrected chi connectivity index (χ4v) is 4.18. The van der Waals surface area contributed by atoms with E-state index in [0.717, 1.165) is 12.8 Å². The molecule has 0 bridgehead atoms. The SMILES string of the molecule is CC(CC(=O)O)C1CCCN(S(=O)(=O)N(C)C(C)C)C1. The van der Waals surface area contributed by atoms with Crippen LogP contribution in [0.4, 0.5) is 0 Å². The van der Waals surface area contributed by atoms with Gasteiger partial charge in [0.2, 0.25) is 0 Å². The first-order chi connectivity index (χ1) is 9.16. The van der Waals surface area contributed by atoms with Crippen molar-refractivity contribution in [3.05, 3.63) is 0 Å².